The molecule has 0 spiro atoms. The van der Waals surface area contributed by atoms with E-state index in [1.54, 1.807) is 0 Å². The first kappa shape index (κ1) is 32.5. The number of nitrogens with two attached hydrogens (primary N) is 6. The van der Waals surface area contributed by atoms with E-state index < -0.39 is 78.4 Å². The minimum atomic E-state index is -1.75. The summed E-state index contributed by atoms with van der Waals surface area (Å²) < 4.78 is 0. The van der Waals surface area contributed by atoms with Gasteiger partial charge in [-0.1, -0.05) is 0 Å². The van der Waals surface area contributed by atoms with Crippen LogP contribution >= 0.6 is 0 Å². The second-order valence-electron chi connectivity index (χ2n) is 7.92. The maximum atomic E-state index is 12.9. The number of carbonyl (C=O) groups is 7. The molecule has 18 heteroatoms. The van der Waals surface area contributed by atoms with Crippen molar-refractivity contribution in [2.75, 3.05) is 6.54 Å². The lowest BCUT2D eigenvalue weighted by atomic mass is 10.1. The van der Waals surface area contributed by atoms with Crippen molar-refractivity contribution in [3.63, 3.8) is 0 Å². The van der Waals surface area contributed by atoms with E-state index in [1.165, 1.54) is 0 Å². The summed E-state index contributed by atoms with van der Waals surface area (Å²) in [4.78, 5) is 86.7. The molecule has 37 heavy (non-hydrogen) atoms. The number of amides is 6. The van der Waals surface area contributed by atoms with E-state index in [-0.39, 0.29) is 31.8 Å². The smallest absolute Gasteiger partial charge is 0.326 e. The third kappa shape index (κ3) is 14.5. The van der Waals surface area contributed by atoms with Crippen molar-refractivity contribution in [3.8, 4) is 0 Å². The van der Waals surface area contributed by atoms with Crippen LogP contribution in [0.25, 0.3) is 0 Å². The van der Waals surface area contributed by atoms with Crippen LogP contribution in [0.2, 0.25) is 0 Å². The average molecular weight is 531 g/mol. The Kier molecular flexibility index (Phi) is 14.3. The molecule has 0 aromatic carbocycles. The van der Waals surface area contributed by atoms with Gasteiger partial charge in [0.05, 0.1) is 18.9 Å². The van der Waals surface area contributed by atoms with Gasteiger partial charge >= 0.3 is 5.97 Å². The Labute approximate surface area is 211 Å². The van der Waals surface area contributed by atoms with Crippen molar-refractivity contribution in [3.05, 3.63) is 0 Å². The van der Waals surface area contributed by atoms with Gasteiger partial charge in [-0.3, -0.25) is 33.8 Å². The van der Waals surface area contributed by atoms with Crippen LogP contribution in [0.1, 0.15) is 38.5 Å². The van der Waals surface area contributed by atoms with Crippen LogP contribution in [0, 0.1) is 0 Å². The summed E-state index contributed by atoms with van der Waals surface area (Å²) in [5.41, 5.74) is 31.4. The first-order chi connectivity index (χ1) is 17.1. The summed E-state index contributed by atoms with van der Waals surface area (Å²) in [7, 11) is 0. The number of rotatable bonds is 18. The van der Waals surface area contributed by atoms with E-state index in [4.69, 9.17) is 39.5 Å². The number of nitrogens with one attached hydrogen (secondary N) is 3. The number of carboxylic acid groups (broad SMARTS) is 1. The van der Waals surface area contributed by atoms with E-state index in [0.29, 0.717) is 6.42 Å². The van der Waals surface area contributed by atoms with Crippen LogP contribution < -0.4 is 50.4 Å². The van der Waals surface area contributed by atoms with Crippen molar-refractivity contribution < 1.29 is 38.7 Å². The molecule has 0 radical (unpaired) electrons. The largest absolute Gasteiger partial charge is 0.480 e. The molecular formula is C19H34N10O8. The highest BCUT2D eigenvalue weighted by Gasteiger charge is 2.31. The van der Waals surface area contributed by atoms with Gasteiger partial charge in [-0.15, -0.1) is 0 Å². The Bertz CT molecular complexity index is 905. The number of primary amides is 3. The Morgan fingerprint density at radius 1 is 0.676 bits per heavy atom. The molecule has 4 atom stereocenters. The molecule has 6 amide bonds. The molecule has 18 nitrogen and oxygen atoms in total. The van der Waals surface area contributed by atoms with Gasteiger partial charge < -0.3 is 55.5 Å². The molecule has 4 unspecified atom stereocenters. The molecule has 0 rings (SSSR count). The first-order valence-corrected chi connectivity index (χ1v) is 10.9. The fourth-order valence-electron chi connectivity index (χ4n) is 2.84. The maximum Gasteiger partial charge on any atom is 0.326 e. The molecule has 0 bridgehead atoms. The van der Waals surface area contributed by atoms with Crippen LogP contribution in [0.15, 0.2) is 4.99 Å². The predicted octanol–water partition coefficient (Wildman–Crippen LogP) is -6.08. The van der Waals surface area contributed by atoms with Gasteiger partial charge in [0.15, 0.2) is 5.96 Å². The van der Waals surface area contributed by atoms with Gasteiger partial charge in [-0.05, 0) is 19.3 Å². The van der Waals surface area contributed by atoms with Gasteiger partial charge in [0.25, 0.3) is 0 Å². The fourth-order valence-corrected chi connectivity index (χ4v) is 2.84. The van der Waals surface area contributed by atoms with E-state index in [1.807, 2.05) is 5.32 Å². The molecule has 0 aliphatic rings. The molecule has 0 fully saturated rings. The fraction of sp³-hybridized carbons (Fsp3) is 0.579. The average Bonchev–Trinajstić information content (AvgIpc) is 2.76. The van der Waals surface area contributed by atoms with Crippen LogP contribution in [0.3, 0.4) is 0 Å². The normalized spacial score (nSPS) is 13.6. The summed E-state index contributed by atoms with van der Waals surface area (Å²) in [6.45, 7) is 0.200. The highest BCUT2D eigenvalue weighted by Crippen LogP contribution is 2.04. The minimum absolute atomic E-state index is 0.135. The molecule has 16 N–H and O–H groups in total. The molecule has 208 valence electrons. The lowest BCUT2D eigenvalue weighted by Crippen LogP contribution is -2.58. The molecular weight excluding hydrogens is 496 g/mol. The van der Waals surface area contributed by atoms with Crippen LogP contribution in [0.5, 0.6) is 0 Å². The van der Waals surface area contributed by atoms with E-state index in [2.05, 4.69) is 15.6 Å². The number of aliphatic imine (C=N–C) groups is 1. The summed E-state index contributed by atoms with van der Waals surface area (Å²) in [5.74, 6) is -7.58. The van der Waals surface area contributed by atoms with Crippen molar-refractivity contribution in [2.24, 2.45) is 39.4 Å². The van der Waals surface area contributed by atoms with Gasteiger partial charge in [-0.25, -0.2) is 4.79 Å². The summed E-state index contributed by atoms with van der Waals surface area (Å²) >= 11 is 0. The van der Waals surface area contributed by atoms with Crippen molar-refractivity contribution in [1.29, 1.82) is 0 Å². The molecule has 0 saturated heterocycles. The number of carbonyl (C=O) groups excluding carboxylic acids is 6. The van der Waals surface area contributed by atoms with Crippen molar-refractivity contribution >= 4 is 47.4 Å². The van der Waals surface area contributed by atoms with E-state index in [9.17, 15) is 33.6 Å². The number of carboxylic acids is 1. The highest BCUT2D eigenvalue weighted by molar-refractivity contribution is 5.97. The number of aliphatic carboxylic acids is 1. The molecule has 0 aromatic heterocycles. The van der Waals surface area contributed by atoms with E-state index in [0.717, 1.165) is 0 Å². The van der Waals surface area contributed by atoms with Gasteiger partial charge in [-0.2, -0.15) is 0 Å². The lowest BCUT2D eigenvalue weighted by Gasteiger charge is -2.24. The summed E-state index contributed by atoms with van der Waals surface area (Å²) in [5, 5.41) is 15.6. The quantitative estimate of drug-likeness (QED) is 0.0451. The second-order valence-corrected chi connectivity index (χ2v) is 7.92. The Balaban J connectivity index is 5.52. The standard InChI is InChI=1S/C19H34N10O8/c20-8(2-1-5-26-19(24)25)15(33)27-9(3-4-12(21)30)16(34)28-10(6-13(22)31)17(35)29-11(18(36)37)7-14(23)32/h8-11H,1-7,20H2,(H2,21,30)(H2,22,31)(H2,23,32)(H,27,33)(H,28,34)(H,29,35)(H,36,37)(H4,24,25,26). The highest BCUT2D eigenvalue weighted by atomic mass is 16.4. The van der Waals surface area contributed by atoms with Gasteiger partial charge in [0.2, 0.25) is 35.4 Å². The predicted molar refractivity (Wildman–Crippen MR) is 127 cm³/mol. The number of hydrogen-bond acceptors (Lipinski definition) is 9. The Morgan fingerprint density at radius 3 is 1.65 bits per heavy atom. The third-order valence-corrected chi connectivity index (χ3v) is 4.67. The van der Waals surface area contributed by atoms with Crippen molar-refractivity contribution in [1.82, 2.24) is 16.0 Å². The second kappa shape index (κ2) is 16.2. The molecule has 0 heterocycles. The Hall–Kier alpha value is -4.48. The van der Waals surface area contributed by atoms with Crippen LogP contribution in [0.4, 0.5) is 0 Å². The maximum absolute atomic E-state index is 12.9. The molecule has 0 aromatic rings. The zero-order valence-electron chi connectivity index (χ0n) is 20.0. The molecule has 0 saturated carbocycles. The molecule has 0 aliphatic heterocycles. The number of nitrogens with zero attached hydrogens (tertiary/aromatic N) is 1. The summed E-state index contributed by atoms with van der Waals surface area (Å²) in [6.07, 6.45) is -1.70. The third-order valence-electron chi connectivity index (χ3n) is 4.67. The van der Waals surface area contributed by atoms with Gasteiger partial charge in [0.1, 0.15) is 18.1 Å². The van der Waals surface area contributed by atoms with Gasteiger partial charge in [0, 0.05) is 13.0 Å². The summed E-state index contributed by atoms with van der Waals surface area (Å²) in [6, 6.07) is -5.96. The monoisotopic (exact) mass is 530 g/mol. The minimum Gasteiger partial charge on any atom is -0.480 e. The zero-order chi connectivity index (χ0) is 28.7. The van der Waals surface area contributed by atoms with Crippen LogP contribution in [-0.4, -0.2) is 83.2 Å². The van der Waals surface area contributed by atoms with E-state index >= 15 is 0 Å². The van der Waals surface area contributed by atoms with Crippen molar-refractivity contribution in [2.45, 2.75) is 62.7 Å². The van der Waals surface area contributed by atoms with Crippen LogP contribution in [-0.2, 0) is 33.6 Å². The number of hydrogen-bond donors (Lipinski definition) is 10. The SMILES string of the molecule is NC(=O)CCC(NC(=O)C(N)CCCN=C(N)N)C(=O)NC(CC(N)=O)C(=O)NC(CC(N)=O)C(=O)O. The Morgan fingerprint density at radius 2 is 1.16 bits per heavy atom. The lowest BCUT2D eigenvalue weighted by molar-refractivity contribution is -0.144. The zero-order valence-corrected chi connectivity index (χ0v) is 20.0. The number of guanidine groups is 1. The topological polar surface area (TPSA) is 344 Å². The first-order valence-electron chi connectivity index (χ1n) is 10.9. The molecule has 0 aliphatic carbocycles.